The number of nitrogens with one attached hydrogen (secondary N) is 1. The molecule has 0 atom stereocenters. The fourth-order valence-corrected chi connectivity index (χ4v) is 1.86. The predicted octanol–water partition coefficient (Wildman–Crippen LogP) is 3.95. The Hall–Kier alpha value is -1.69. The summed E-state index contributed by atoms with van der Waals surface area (Å²) in [4.78, 5) is 0. The lowest BCUT2D eigenvalue weighted by atomic mass is 10.1. The Bertz CT molecular complexity index is 396. The van der Waals surface area contributed by atoms with E-state index in [1.54, 1.807) is 13.2 Å². The Morgan fingerprint density at radius 1 is 1.22 bits per heavy atom. The lowest BCUT2D eigenvalue weighted by Crippen LogP contribution is -2.03. The summed E-state index contributed by atoms with van der Waals surface area (Å²) in [6.07, 6.45) is 6.34. The number of hydrogen-bond donors (Lipinski definition) is 1. The van der Waals surface area contributed by atoms with Crippen LogP contribution >= 0.6 is 0 Å². The SMILES string of the molecule is CCCCCCCNc1ccc(C#N)cc1OC. The van der Waals surface area contributed by atoms with E-state index >= 15 is 0 Å². The van der Waals surface area contributed by atoms with Gasteiger partial charge >= 0.3 is 0 Å². The fourth-order valence-electron chi connectivity index (χ4n) is 1.86. The molecule has 0 spiro atoms. The van der Waals surface area contributed by atoms with E-state index in [-0.39, 0.29) is 0 Å². The molecule has 0 aliphatic carbocycles. The molecule has 1 rings (SSSR count). The maximum absolute atomic E-state index is 8.82. The minimum atomic E-state index is 0.625. The van der Waals surface area contributed by atoms with Crippen LogP contribution in [0.3, 0.4) is 0 Å². The second-order valence-corrected chi connectivity index (χ2v) is 4.37. The third kappa shape index (κ3) is 4.67. The largest absolute Gasteiger partial charge is 0.495 e. The third-order valence-electron chi connectivity index (χ3n) is 2.93. The van der Waals surface area contributed by atoms with Crippen LogP contribution in [0.5, 0.6) is 5.75 Å². The van der Waals surface area contributed by atoms with E-state index in [0.29, 0.717) is 5.56 Å². The number of methoxy groups -OCH3 is 1. The van der Waals surface area contributed by atoms with E-state index in [9.17, 15) is 0 Å². The summed E-state index contributed by atoms with van der Waals surface area (Å²) >= 11 is 0. The van der Waals surface area contributed by atoms with Gasteiger partial charge in [-0.2, -0.15) is 5.26 Å². The first kappa shape index (κ1) is 14.4. The van der Waals surface area contributed by atoms with Crippen LogP contribution in [-0.4, -0.2) is 13.7 Å². The van der Waals surface area contributed by atoms with E-state index in [2.05, 4.69) is 18.3 Å². The van der Waals surface area contributed by atoms with E-state index in [1.165, 1.54) is 32.1 Å². The van der Waals surface area contributed by atoms with Crippen LogP contribution in [0.4, 0.5) is 5.69 Å². The molecule has 1 N–H and O–H groups in total. The minimum absolute atomic E-state index is 0.625. The van der Waals surface area contributed by atoms with Gasteiger partial charge in [-0.05, 0) is 18.6 Å². The van der Waals surface area contributed by atoms with Gasteiger partial charge in [-0.1, -0.05) is 32.6 Å². The Balaban J connectivity index is 2.40. The number of anilines is 1. The van der Waals surface area contributed by atoms with E-state index in [1.807, 2.05) is 12.1 Å². The molecule has 3 nitrogen and oxygen atoms in total. The van der Waals surface area contributed by atoms with Crippen LogP contribution in [0.25, 0.3) is 0 Å². The zero-order valence-corrected chi connectivity index (χ0v) is 11.3. The van der Waals surface area contributed by atoms with Crippen LogP contribution < -0.4 is 10.1 Å². The molecule has 0 amide bonds. The maximum Gasteiger partial charge on any atom is 0.143 e. The summed E-state index contributed by atoms with van der Waals surface area (Å²) in [5.41, 5.74) is 1.59. The van der Waals surface area contributed by atoms with Crippen molar-refractivity contribution in [3.63, 3.8) is 0 Å². The summed E-state index contributed by atoms with van der Waals surface area (Å²) in [6.45, 7) is 3.17. The minimum Gasteiger partial charge on any atom is -0.495 e. The van der Waals surface area contributed by atoms with Gasteiger partial charge in [0.1, 0.15) is 5.75 Å². The Labute approximate surface area is 110 Å². The van der Waals surface area contributed by atoms with Crippen molar-refractivity contribution in [3.8, 4) is 11.8 Å². The molecule has 3 heteroatoms. The van der Waals surface area contributed by atoms with Gasteiger partial charge in [0.15, 0.2) is 0 Å². The molecular formula is C15H22N2O. The molecule has 0 radical (unpaired) electrons. The van der Waals surface area contributed by atoms with Gasteiger partial charge in [-0.3, -0.25) is 0 Å². The van der Waals surface area contributed by atoms with Crippen molar-refractivity contribution in [2.75, 3.05) is 19.0 Å². The van der Waals surface area contributed by atoms with Crippen LogP contribution in [-0.2, 0) is 0 Å². The van der Waals surface area contributed by atoms with Crippen LogP contribution in [0, 0.1) is 11.3 Å². The van der Waals surface area contributed by atoms with Crippen LogP contribution in [0.1, 0.15) is 44.6 Å². The van der Waals surface area contributed by atoms with Gasteiger partial charge in [-0.15, -0.1) is 0 Å². The van der Waals surface area contributed by atoms with E-state index in [0.717, 1.165) is 18.0 Å². The van der Waals surface area contributed by atoms with Crippen molar-refractivity contribution in [3.05, 3.63) is 23.8 Å². The molecule has 0 aliphatic heterocycles. The highest BCUT2D eigenvalue weighted by molar-refractivity contribution is 5.59. The van der Waals surface area contributed by atoms with Crippen molar-refractivity contribution >= 4 is 5.69 Å². The van der Waals surface area contributed by atoms with Crippen LogP contribution in [0.15, 0.2) is 18.2 Å². The monoisotopic (exact) mass is 246 g/mol. The lowest BCUT2D eigenvalue weighted by molar-refractivity contribution is 0.416. The average Bonchev–Trinajstić information content (AvgIpc) is 2.42. The highest BCUT2D eigenvalue weighted by Crippen LogP contribution is 2.25. The molecule has 0 fully saturated rings. The highest BCUT2D eigenvalue weighted by atomic mass is 16.5. The number of nitriles is 1. The van der Waals surface area contributed by atoms with Gasteiger partial charge in [0.25, 0.3) is 0 Å². The van der Waals surface area contributed by atoms with E-state index in [4.69, 9.17) is 10.00 Å². The first-order valence-corrected chi connectivity index (χ1v) is 6.63. The zero-order valence-electron chi connectivity index (χ0n) is 11.3. The molecule has 0 heterocycles. The normalized spacial score (nSPS) is 9.83. The van der Waals surface area contributed by atoms with Gasteiger partial charge in [0.05, 0.1) is 24.4 Å². The second kappa shape index (κ2) is 8.41. The van der Waals surface area contributed by atoms with Crippen molar-refractivity contribution in [2.45, 2.75) is 39.0 Å². The average molecular weight is 246 g/mol. The highest BCUT2D eigenvalue weighted by Gasteiger charge is 2.03. The lowest BCUT2D eigenvalue weighted by Gasteiger charge is -2.11. The van der Waals surface area contributed by atoms with E-state index < -0.39 is 0 Å². The number of nitrogens with zero attached hydrogens (tertiary/aromatic N) is 1. The number of ether oxygens (including phenoxy) is 1. The molecular weight excluding hydrogens is 224 g/mol. The number of hydrogen-bond acceptors (Lipinski definition) is 3. The molecule has 1 aromatic carbocycles. The quantitative estimate of drug-likeness (QED) is 0.706. The summed E-state index contributed by atoms with van der Waals surface area (Å²) in [5.74, 6) is 0.739. The molecule has 0 unspecified atom stereocenters. The summed E-state index contributed by atoms with van der Waals surface area (Å²) in [7, 11) is 1.63. The van der Waals surface area contributed by atoms with Crippen molar-refractivity contribution in [1.29, 1.82) is 5.26 Å². The molecule has 0 saturated carbocycles. The first-order chi connectivity index (χ1) is 8.81. The Morgan fingerprint density at radius 3 is 2.67 bits per heavy atom. The second-order valence-electron chi connectivity index (χ2n) is 4.37. The first-order valence-electron chi connectivity index (χ1n) is 6.63. The molecule has 98 valence electrons. The smallest absolute Gasteiger partial charge is 0.143 e. The fraction of sp³-hybridized carbons (Fsp3) is 0.533. The summed E-state index contributed by atoms with van der Waals surface area (Å²) < 4.78 is 5.27. The molecule has 0 bridgehead atoms. The number of rotatable bonds is 8. The Kier molecular flexibility index (Phi) is 6.71. The molecule has 0 aliphatic rings. The zero-order chi connectivity index (χ0) is 13.2. The molecule has 18 heavy (non-hydrogen) atoms. The summed E-state index contributed by atoms with van der Waals surface area (Å²) in [6, 6.07) is 7.59. The van der Waals surface area contributed by atoms with Crippen molar-refractivity contribution in [1.82, 2.24) is 0 Å². The maximum atomic E-state index is 8.82. The number of unbranched alkanes of at least 4 members (excludes halogenated alkanes) is 4. The third-order valence-corrected chi connectivity index (χ3v) is 2.93. The van der Waals surface area contributed by atoms with Gasteiger partial charge < -0.3 is 10.1 Å². The van der Waals surface area contributed by atoms with Gasteiger partial charge in [0, 0.05) is 12.6 Å². The number of benzene rings is 1. The van der Waals surface area contributed by atoms with Gasteiger partial charge in [-0.25, -0.2) is 0 Å². The van der Waals surface area contributed by atoms with Crippen LogP contribution in [0.2, 0.25) is 0 Å². The van der Waals surface area contributed by atoms with Crippen molar-refractivity contribution in [2.24, 2.45) is 0 Å². The molecule has 0 aromatic heterocycles. The Morgan fingerprint density at radius 2 is 2.00 bits per heavy atom. The van der Waals surface area contributed by atoms with Gasteiger partial charge in [0.2, 0.25) is 0 Å². The van der Waals surface area contributed by atoms with Crippen molar-refractivity contribution < 1.29 is 4.74 Å². The standard InChI is InChI=1S/C15H22N2O/c1-3-4-5-6-7-10-17-14-9-8-13(12-16)11-15(14)18-2/h8-9,11,17H,3-7,10H2,1-2H3. The molecule has 1 aromatic rings. The predicted molar refractivity (Wildman–Crippen MR) is 75.0 cm³/mol. The summed E-state index contributed by atoms with van der Waals surface area (Å²) in [5, 5.41) is 12.2. The molecule has 0 saturated heterocycles. The topological polar surface area (TPSA) is 45.0 Å².